The van der Waals surface area contributed by atoms with Gasteiger partial charge in [-0.15, -0.1) is 0 Å². The Bertz CT molecular complexity index is 279. The van der Waals surface area contributed by atoms with Gasteiger partial charge in [-0.25, -0.2) is 0 Å². The third-order valence-electron chi connectivity index (χ3n) is 1.74. The van der Waals surface area contributed by atoms with Crippen LogP contribution in [0.15, 0.2) is 23.4 Å². The molecule has 0 radical (unpaired) electrons. The molecule has 0 unspecified atom stereocenters. The molecule has 0 atom stereocenters. The van der Waals surface area contributed by atoms with Crippen molar-refractivity contribution in [1.82, 2.24) is 0 Å². The predicted octanol–water partition coefficient (Wildman–Crippen LogP) is 2.11. The number of aryl methyl sites for hydroxylation is 2. The van der Waals surface area contributed by atoms with Crippen LogP contribution in [0.4, 0.5) is 0 Å². The molecule has 0 saturated carbocycles. The lowest BCUT2D eigenvalue weighted by Gasteiger charge is -1.98. The SMILES string of the molecule is Cc1ccc(/C=N/O)cc1C. The molecule has 0 fully saturated rings. The summed E-state index contributed by atoms with van der Waals surface area (Å²) in [6.07, 6.45) is 1.42. The zero-order valence-corrected chi connectivity index (χ0v) is 6.70. The van der Waals surface area contributed by atoms with Gasteiger partial charge < -0.3 is 5.21 Å². The highest BCUT2D eigenvalue weighted by Gasteiger charge is 1.92. The van der Waals surface area contributed by atoms with E-state index in [1.165, 1.54) is 17.3 Å². The van der Waals surface area contributed by atoms with Crippen molar-refractivity contribution in [3.05, 3.63) is 34.9 Å². The van der Waals surface area contributed by atoms with Gasteiger partial charge in [0.05, 0.1) is 6.21 Å². The van der Waals surface area contributed by atoms with E-state index in [1.54, 1.807) is 0 Å². The Morgan fingerprint density at radius 1 is 1.27 bits per heavy atom. The quantitative estimate of drug-likeness (QED) is 0.370. The minimum atomic E-state index is 0.926. The Kier molecular flexibility index (Phi) is 2.26. The van der Waals surface area contributed by atoms with E-state index in [1.807, 2.05) is 25.1 Å². The maximum absolute atomic E-state index is 8.25. The Morgan fingerprint density at radius 2 is 2.00 bits per heavy atom. The molecule has 1 rings (SSSR count). The van der Waals surface area contributed by atoms with Gasteiger partial charge in [-0.05, 0) is 30.5 Å². The van der Waals surface area contributed by atoms with Crippen molar-refractivity contribution in [1.29, 1.82) is 0 Å². The molecule has 0 aromatic heterocycles. The molecule has 1 aromatic rings. The fraction of sp³-hybridized carbons (Fsp3) is 0.222. The topological polar surface area (TPSA) is 32.6 Å². The van der Waals surface area contributed by atoms with Gasteiger partial charge in [0.15, 0.2) is 0 Å². The molecule has 0 bridgehead atoms. The summed E-state index contributed by atoms with van der Waals surface area (Å²) in [6.45, 7) is 4.08. The summed E-state index contributed by atoms with van der Waals surface area (Å²) in [7, 11) is 0. The van der Waals surface area contributed by atoms with Gasteiger partial charge in [-0.3, -0.25) is 0 Å². The minimum Gasteiger partial charge on any atom is -0.411 e. The van der Waals surface area contributed by atoms with Crippen molar-refractivity contribution < 1.29 is 5.21 Å². The maximum atomic E-state index is 8.25. The molecule has 0 amide bonds. The normalized spacial score (nSPS) is 10.7. The summed E-state index contributed by atoms with van der Waals surface area (Å²) in [5, 5.41) is 11.2. The van der Waals surface area contributed by atoms with E-state index in [2.05, 4.69) is 12.1 Å². The van der Waals surface area contributed by atoms with Gasteiger partial charge in [0.25, 0.3) is 0 Å². The molecule has 2 nitrogen and oxygen atoms in total. The molecule has 0 aliphatic carbocycles. The largest absolute Gasteiger partial charge is 0.411 e. The van der Waals surface area contributed by atoms with Gasteiger partial charge >= 0.3 is 0 Å². The molecule has 1 N–H and O–H groups in total. The first-order chi connectivity index (χ1) is 5.24. The van der Waals surface area contributed by atoms with Crippen LogP contribution >= 0.6 is 0 Å². The number of hydrogen-bond donors (Lipinski definition) is 1. The fourth-order valence-corrected chi connectivity index (χ4v) is 0.912. The van der Waals surface area contributed by atoms with Gasteiger partial charge in [0.1, 0.15) is 0 Å². The molecule has 0 aliphatic rings. The summed E-state index contributed by atoms with van der Waals surface area (Å²) in [5.41, 5.74) is 3.39. The molecule has 2 heteroatoms. The molecule has 0 aliphatic heterocycles. The summed E-state index contributed by atoms with van der Waals surface area (Å²) in [5.74, 6) is 0. The number of hydrogen-bond acceptors (Lipinski definition) is 2. The molecule has 0 saturated heterocycles. The molecule has 1 aromatic carbocycles. The highest BCUT2D eigenvalue weighted by Crippen LogP contribution is 2.07. The lowest BCUT2D eigenvalue weighted by molar-refractivity contribution is 0.322. The van der Waals surface area contributed by atoms with Crippen LogP contribution < -0.4 is 0 Å². The fourth-order valence-electron chi connectivity index (χ4n) is 0.912. The molecule has 0 spiro atoms. The number of rotatable bonds is 1. The standard InChI is InChI=1S/C9H11NO/c1-7-3-4-9(6-10-11)5-8(7)2/h3-6,11H,1-2H3/b10-6+. The second-order valence-electron chi connectivity index (χ2n) is 2.59. The maximum Gasteiger partial charge on any atom is 0.0733 e. The number of benzene rings is 1. The number of nitrogens with zero attached hydrogens (tertiary/aromatic N) is 1. The van der Waals surface area contributed by atoms with Crippen molar-refractivity contribution in [2.75, 3.05) is 0 Å². The van der Waals surface area contributed by atoms with Crippen molar-refractivity contribution in [2.45, 2.75) is 13.8 Å². The Hall–Kier alpha value is -1.31. The van der Waals surface area contributed by atoms with E-state index < -0.39 is 0 Å². The van der Waals surface area contributed by atoms with E-state index in [0.29, 0.717) is 0 Å². The molecular formula is C9H11NO. The average Bonchev–Trinajstić information content (AvgIpc) is 1.98. The Labute approximate surface area is 66.2 Å². The smallest absolute Gasteiger partial charge is 0.0733 e. The Morgan fingerprint density at radius 3 is 2.55 bits per heavy atom. The van der Waals surface area contributed by atoms with E-state index in [-0.39, 0.29) is 0 Å². The highest BCUT2D eigenvalue weighted by molar-refractivity contribution is 5.79. The third-order valence-corrected chi connectivity index (χ3v) is 1.74. The van der Waals surface area contributed by atoms with Gasteiger partial charge in [-0.1, -0.05) is 23.4 Å². The van der Waals surface area contributed by atoms with E-state index in [9.17, 15) is 0 Å². The van der Waals surface area contributed by atoms with E-state index in [0.717, 1.165) is 5.56 Å². The first-order valence-corrected chi connectivity index (χ1v) is 3.48. The second-order valence-corrected chi connectivity index (χ2v) is 2.59. The van der Waals surface area contributed by atoms with Crippen LogP contribution in [-0.2, 0) is 0 Å². The highest BCUT2D eigenvalue weighted by atomic mass is 16.4. The summed E-state index contributed by atoms with van der Waals surface area (Å²) in [6, 6.07) is 5.91. The van der Waals surface area contributed by atoms with Crippen molar-refractivity contribution in [2.24, 2.45) is 5.16 Å². The third kappa shape index (κ3) is 1.80. The van der Waals surface area contributed by atoms with Crippen LogP contribution in [0.5, 0.6) is 0 Å². The number of oxime groups is 1. The minimum absolute atomic E-state index is 0.926. The lowest BCUT2D eigenvalue weighted by atomic mass is 10.1. The Balaban J connectivity index is 3.05. The van der Waals surface area contributed by atoms with E-state index >= 15 is 0 Å². The van der Waals surface area contributed by atoms with Crippen molar-refractivity contribution in [3.8, 4) is 0 Å². The van der Waals surface area contributed by atoms with Crippen LogP contribution in [-0.4, -0.2) is 11.4 Å². The molecular weight excluding hydrogens is 138 g/mol. The van der Waals surface area contributed by atoms with Crippen LogP contribution in [0.25, 0.3) is 0 Å². The molecule has 58 valence electrons. The first-order valence-electron chi connectivity index (χ1n) is 3.48. The van der Waals surface area contributed by atoms with Crippen LogP contribution in [0.3, 0.4) is 0 Å². The van der Waals surface area contributed by atoms with Gasteiger partial charge in [0, 0.05) is 0 Å². The van der Waals surface area contributed by atoms with Gasteiger partial charge in [-0.2, -0.15) is 0 Å². The molecule has 0 heterocycles. The zero-order chi connectivity index (χ0) is 8.27. The average molecular weight is 149 g/mol. The second kappa shape index (κ2) is 3.19. The van der Waals surface area contributed by atoms with Crippen LogP contribution in [0.2, 0.25) is 0 Å². The van der Waals surface area contributed by atoms with Crippen LogP contribution in [0.1, 0.15) is 16.7 Å². The van der Waals surface area contributed by atoms with Crippen molar-refractivity contribution in [3.63, 3.8) is 0 Å². The zero-order valence-electron chi connectivity index (χ0n) is 6.70. The van der Waals surface area contributed by atoms with Gasteiger partial charge in [0.2, 0.25) is 0 Å². The lowest BCUT2D eigenvalue weighted by Crippen LogP contribution is -1.85. The summed E-state index contributed by atoms with van der Waals surface area (Å²) >= 11 is 0. The summed E-state index contributed by atoms with van der Waals surface area (Å²) < 4.78 is 0. The van der Waals surface area contributed by atoms with E-state index in [4.69, 9.17) is 5.21 Å². The monoisotopic (exact) mass is 149 g/mol. The summed E-state index contributed by atoms with van der Waals surface area (Å²) in [4.78, 5) is 0. The molecule has 11 heavy (non-hydrogen) atoms. The van der Waals surface area contributed by atoms with Crippen molar-refractivity contribution >= 4 is 6.21 Å². The first kappa shape index (κ1) is 7.79. The predicted molar refractivity (Wildman–Crippen MR) is 45.3 cm³/mol. The van der Waals surface area contributed by atoms with Crippen LogP contribution in [0, 0.1) is 13.8 Å².